The van der Waals surface area contributed by atoms with Gasteiger partial charge in [-0.2, -0.15) is 4.98 Å². The molecule has 0 radical (unpaired) electrons. The van der Waals surface area contributed by atoms with Crippen molar-refractivity contribution in [3.05, 3.63) is 42.5 Å². The molecule has 23 heavy (non-hydrogen) atoms. The van der Waals surface area contributed by atoms with Crippen LogP contribution >= 0.6 is 0 Å². The predicted octanol–water partition coefficient (Wildman–Crippen LogP) is 2.39. The van der Waals surface area contributed by atoms with E-state index in [0.29, 0.717) is 11.9 Å². The Bertz CT molecular complexity index is 840. The van der Waals surface area contributed by atoms with E-state index in [-0.39, 0.29) is 0 Å². The lowest BCUT2D eigenvalue weighted by Gasteiger charge is -2.25. The number of aromatic nitrogens is 4. The summed E-state index contributed by atoms with van der Waals surface area (Å²) in [5.74, 6) is 2.33. The van der Waals surface area contributed by atoms with Crippen LogP contribution in [-0.2, 0) is 6.54 Å². The van der Waals surface area contributed by atoms with Gasteiger partial charge < -0.3 is 15.2 Å². The summed E-state index contributed by atoms with van der Waals surface area (Å²) in [5, 5.41) is 0.914. The first-order valence-electron chi connectivity index (χ1n) is 7.99. The predicted molar refractivity (Wildman–Crippen MR) is 91.3 cm³/mol. The van der Waals surface area contributed by atoms with Gasteiger partial charge in [0.05, 0.1) is 5.52 Å². The molecule has 3 aromatic rings. The van der Waals surface area contributed by atoms with Crippen molar-refractivity contribution in [2.45, 2.75) is 32.4 Å². The lowest BCUT2D eigenvalue weighted by Crippen LogP contribution is -2.34. The Hall–Kier alpha value is -2.63. The van der Waals surface area contributed by atoms with E-state index < -0.39 is 0 Å². The van der Waals surface area contributed by atoms with Crippen molar-refractivity contribution < 1.29 is 0 Å². The normalized spacial score (nSPS) is 18.0. The Morgan fingerprint density at radius 3 is 2.96 bits per heavy atom. The number of rotatable bonds is 3. The summed E-state index contributed by atoms with van der Waals surface area (Å²) >= 11 is 0. The lowest BCUT2D eigenvalue weighted by atomic mass is 10.2. The van der Waals surface area contributed by atoms with Crippen molar-refractivity contribution in [2.75, 3.05) is 17.2 Å². The molecule has 0 amide bonds. The Kier molecular flexibility index (Phi) is 3.37. The summed E-state index contributed by atoms with van der Waals surface area (Å²) in [7, 11) is 0. The number of aryl methyl sites for hydroxylation is 1. The maximum absolute atomic E-state index is 6.14. The molecule has 0 spiro atoms. The Morgan fingerprint density at radius 2 is 2.13 bits per heavy atom. The molecule has 118 valence electrons. The zero-order valence-electron chi connectivity index (χ0n) is 13.2. The molecule has 0 unspecified atom stereocenters. The fourth-order valence-electron chi connectivity index (χ4n) is 3.33. The number of hydrogen-bond acceptors (Lipinski definition) is 5. The second-order valence-corrected chi connectivity index (χ2v) is 6.04. The third kappa shape index (κ3) is 2.50. The fourth-order valence-corrected chi connectivity index (χ4v) is 3.33. The van der Waals surface area contributed by atoms with Crippen LogP contribution in [0.15, 0.2) is 36.7 Å². The minimum Gasteiger partial charge on any atom is -0.383 e. The average molecular weight is 308 g/mol. The van der Waals surface area contributed by atoms with Crippen LogP contribution in [0.5, 0.6) is 0 Å². The van der Waals surface area contributed by atoms with Crippen LogP contribution in [-0.4, -0.2) is 32.1 Å². The van der Waals surface area contributed by atoms with Crippen molar-refractivity contribution >= 4 is 22.7 Å². The van der Waals surface area contributed by atoms with Gasteiger partial charge in [-0.25, -0.2) is 9.97 Å². The highest BCUT2D eigenvalue weighted by Gasteiger charge is 2.27. The van der Waals surface area contributed by atoms with Gasteiger partial charge in [-0.3, -0.25) is 0 Å². The van der Waals surface area contributed by atoms with Gasteiger partial charge >= 0.3 is 0 Å². The van der Waals surface area contributed by atoms with Crippen LogP contribution in [0.2, 0.25) is 0 Å². The minimum atomic E-state index is 0.378. The second kappa shape index (κ2) is 5.53. The number of hydrogen-bond donors (Lipinski definition) is 1. The van der Waals surface area contributed by atoms with Crippen LogP contribution < -0.4 is 10.6 Å². The van der Waals surface area contributed by atoms with Crippen LogP contribution in [0, 0.1) is 6.92 Å². The van der Waals surface area contributed by atoms with Gasteiger partial charge in [0, 0.05) is 36.9 Å². The summed E-state index contributed by atoms with van der Waals surface area (Å²) in [5.41, 5.74) is 7.04. The van der Waals surface area contributed by atoms with E-state index in [9.17, 15) is 0 Å². The van der Waals surface area contributed by atoms with Crippen molar-refractivity contribution in [3.63, 3.8) is 0 Å². The van der Waals surface area contributed by atoms with Gasteiger partial charge in [0.25, 0.3) is 0 Å². The van der Waals surface area contributed by atoms with Crippen molar-refractivity contribution in [3.8, 4) is 0 Å². The largest absolute Gasteiger partial charge is 0.383 e. The zero-order chi connectivity index (χ0) is 15.8. The standard InChI is InChI=1S/C17H20N6/c1-12-19-8-10-22(12)11-13-5-4-9-23(13)17-20-15-7-3-2-6-14(15)16(18)21-17/h2-3,6-8,10,13H,4-5,9,11H2,1H3,(H2,18,20,21)/t13-/m0/s1. The molecule has 1 fully saturated rings. The lowest BCUT2D eigenvalue weighted by molar-refractivity contribution is 0.535. The molecular weight excluding hydrogens is 288 g/mol. The van der Waals surface area contributed by atoms with Gasteiger partial charge in [-0.15, -0.1) is 0 Å². The topological polar surface area (TPSA) is 72.9 Å². The SMILES string of the molecule is Cc1nccn1C[C@@H]1CCCN1c1nc(N)c2ccccc2n1. The summed E-state index contributed by atoms with van der Waals surface area (Å²) in [6.07, 6.45) is 6.16. The van der Waals surface area contributed by atoms with E-state index in [1.54, 1.807) is 0 Å². The number of nitrogens with zero attached hydrogens (tertiary/aromatic N) is 5. The van der Waals surface area contributed by atoms with Crippen LogP contribution in [0.25, 0.3) is 10.9 Å². The molecule has 2 aromatic heterocycles. The highest BCUT2D eigenvalue weighted by Crippen LogP contribution is 2.27. The summed E-state index contributed by atoms with van der Waals surface area (Å²) in [6, 6.07) is 8.27. The van der Waals surface area contributed by atoms with E-state index >= 15 is 0 Å². The fraction of sp³-hybridized carbons (Fsp3) is 0.353. The number of fused-ring (bicyclic) bond motifs is 1. The first-order chi connectivity index (χ1) is 11.2. The maximum Gasteiger partial charge on any atom is 0.228 e. The highest BCUT2D eigenvalue weighted by molar-refractivity contribution is 5.88. The van der Waals surface area contributed by atoms with E-state index in [2.05, 4.69) is 19.4 Å². The first-order valence-corrected chi connectivity index (χ1v) is 7.99. The summed E-state index contributed by atoms with van der Waals surface area (Å²) in [4.78, 5) is 15.9. The maximum atomic E-state index is 6.14. The summed E-state index contributed by atoms with van der Waals surface area (Å²) in [6.45, 7) is 3.90. The van der Waals surface area contributed by atoms with Crippen LogP contribution in [0.1, 0.15) is 18.7 Å². The van der Waals surface area contributed by atoms with Crippen molar-refractivity contribution in [2.24, 2.45) is 0 Å². The first kappa shape index (κ1) is 14.0. The van der Waals surface area contributed by atoms with Crippen molar-refractivity contribution in [1.82, 2.24) is 19.5 Å². The van der Waals surface area contributed by atoms with E-state index in [1.165, 1.54) is 0 Å². The van der Waals surface area contributed by atoms with Gasteiger partial charge in [0.2, 0.25) is 5.95 Å². The monoisotopic (exact) mass is 308 g/mol. The number of nitrogen functional groups attached to an aromatic ring is 1. The molecule has 0 bridgehead atoms. The van der Waals surface area contributed by atoms with Crippen molar-refractivity contribution in [1.29, 1.82) is 0 Å². The molecule has 1 atom stereocenters. The number of benzene rings is 1. The average Bonchev–Trinajstić information content (AvgIpc) is 3.17. The Balaban J connectivity index is 1.67. The number of anilines is 2. The Labute approximate surface area is 135 Å². The molecule has 2 N–H and O–H groups in total. The van der Waals surface area contributed by atoms with Gasteiger partial charge in [0.1, 0.15) is 11.6 Å². The van der Waals surface area contributed by atoms with Gasteiger partial charge in [0.15, 0.2) is 0 Å². The smallest absolute Gasteiger partial charge is 0.228 e. The van der Waals surface area contributed by atoms with Gasteiger partial charge in [-0.05, 0) is 31.9 Å². The third-order valence-electron chi connectivity index (χ3n) is 4.59. The number of para-hydroxylation sites is 1. The third-order valence-corrected chi connectivity index (χ3v) is 4.59. The van der Waals surface area contributed by atoms with E-state index in [0.717, 1.165) is 48.6 Å². The molecule has 0 aliphatic carbocycles. The number of imidazole rings is 1. The summed E-state index contributed by atoms with van der Waals surface area (Å²) < 4.78 is 2.19. The van der Waals surface area contributed by atoms with Crippen LogP contribution in [0.4, 0.5) is 11.8 Å². The molecule has 4 rings (SSSR count). The molecule has 1 aliphatic rings. The molecular formula is C17H20N6. The molecule has 1 saturated heterocycles. The van der Waals surface area contributed by atoms with Crippen LogP contribution in [0.3, 0.4) is 0 Å². The highest BCUT2D eigenvalue weighted by atomic mass is 15.3. The second-order valence-electron chi connectivity index (χ2n) is 6.04. The minimum absolute atomic E-state index is 0.378. The zero-order valence-corrected chi connectivity index (χ0v) is 13.2. The molecule has 3 heterocycles. The van der Waals surface area contributed by atoms with E-state index in [1.807, 2.05) is 43.6 Å². The van der Waals surface area contributed by atoms with E-state index in [4.69, 9.17) is 10.7 Å². The molecule has 1 aromatic carbocycles. The molecule has 1 aliphatic heterocycles. The quantitative estimate of drug-likeness (QED) is 0.804. The Morgan fingerprint density at radius 1 is 1.26 bits per heavy atom. The van der Waals surface area contributed by atoms with Gasteiger partial charge in [-0.1, -0.05) is 12.1 Å². The molecule has 0 saturated carbocycles. The molecule has 6 nitrogen and oxygen atoms in total. The number of nitrogens with two attached hydrogens (primary N) is 1. The molecule has 6 heteroatoms.